The molecule has 4 rings (SSSR count). The second-order valence-corrected chi connectivity index (χ2v) is 6.71. The van der Waals surface area contributed by atoms with Crippen molar-refractivity contribution in [1.82, 2.24) is 10.2 Å². The standard InChI is InChI=1S/C21H20N4O4/c26-19(24-12-11-22-21(24)28)14-29-20(27)17-13-18(15-7-3-1-4-8-15)25(23-17)16-9-5-2-6-10-16/h1-10,18H,11-14H2,(H,22,28). The number of carbonyl (C=O) groups excluding carboxylic acids is 3. The maximum atomic E-state index is 12.5. The maximum absolute atomic E-state index is 12.5. The van der Waals surface area contributed by atoms with Gasteiger partial charge in [-0.1, -0.05) is 48.5 Å². The molecule has 1 atom stereocenters. The Bertz CT molecular complexity index is 946. The van der Waals surface area contributed by atoms with Crippen LogP contribution in [-0.2, 0) is 14.3 Å². The summed E-state index contributed by atoms with van der Waals surface area (Å²) in [6.07, 6.45) is 0.357. The van der Waals surface area contributed by atoms with Gasteiger partial charge < -0.3 is 10.1 Å². The molecule has 0 radical (unpaired) electrons. The summed E-state index contributed by atoms with van der Waals surface area (Å²) in [5, 5.41) is 8.81. The molecular formula is C21H20N4O4. The second kappa shape index (κ2) is 8.14. The zero-order chi connectivity index (χ0) is 20.2. The number of benzene rings is 2. The highest BCUT2D eigenvalue weighted by Gasteiger charge is 2.34. The third-order valence-corrected chi connectivity index (χ3v) is 4.84. The van der Waals surface area contributed by atoms with Crippen molar-refractivity contribution >= 4 is 29.3 Å². The highest BCUT2D eigenvalue weighted by molar-refractivity contribution is 6.37. The van der Waals surface area contributed by atoms with Crippen LogP contribution in [0.1, 0.15) is 18.0 Å². The molecule has 2 aliphatic rings. The normalized spacial score (nSPS) is 18.4. The lowest BCUT2D eigenvalue weighted by molar-refractivity contribution is -0.145. The number of rotatable bonds is 5. The molecule has 3 amide bonds. The molecule has 1 saturated heterocycles. The number of nitrogens with one attached hydrogen (secondary N) is 1. The van der Waals surface area contributed by atoms with Crippen molar-refractivity contribution < 1.29 is 19.1 Å². The van der Waals surface area contributed by atoms with Crippen molar-refractivity contribution in [2.45, 2.75) is 12.5 Å². The maximum Gasteiger partial charge on any atom is 0.355 e. The first kappa shape index (κ1) is 18.7. The summed E-state index contributed by atoms with van der Waals surface area (Å²) >= 11 is 0. The fourth-order valence-electron chi connectivity index (χ4n) is 3.39. The summed E-state index contributed by atoms with van der Waals surface area (Å²) in [5.74, 6) is -1.20. The van der Waals surface area contributed by atoms with Crippen molar-refractivity contribution in [3.8, 4) is 0 Å². The number of carbonyl (C=O) groups is 3. The molecule has 8 nitrogen and oxygen atoms in total. The zero-order valence-corrected chi connectivity index (χ0v) is 15.7. The van der Waals surface area contributed by atoms with Crippen LogP contribution in [0.4, 0.5) is 10.5 Å². The van der Waals surface area contributed by atoms with Gasteiger partial charge in [0, 0.05) is 19.5 Å². The predicted molar refractivity (Wildman–Crippen MR) is 106 cm³/mol. The fraction of sp³-hybridized carbons (Fsp3) is 0.238. The summed E-state index contributed by atoms with van der Waals surface area (Å²) in [7, 11) is 0. The van der Waals surface area contributed by atoms with Crippen LogP contribution in [0, 0.1) is 0 Å². The molecule has 1 unspecified atom stereocenters. The van der Waals surface area contributed by atoms with E-state index in [4.69, 9.17) is 4.74 Å². The summed E-state index contributed by atoms with van der Waals surface area (Å²) in [4.78, 5) is 37.2. The Morgan fingerprint density at radius 2 is 1.76 bits per heavy atom. The Balaban J connectivity index is 1.48. The fourth-order valence-corrected chi connectivity index (χ4v) is 3.39. The number of nitrogens with zero attached hydrogens (tertiary/aromatic N) is 3. The van der Waals surface area contributed by atoms with Crippen LogP contribution < -0.4 is 10.3 Å². The highest BCUT2D eigenvalue weighted by atomic mass is 16.5. The van der Waals surface area contributed by atoms with E-state index in [1.165, 1.54) is 0 Å². The Kier molecular flexibility index (Phi) is 5.24. The van der Waals surface area contributed by atoms with Gasteiger partial charge in [-0.25, -0.2) is 9.59 Å². The molecule has 0 aromatic heterocycles. The Morgan fingerprint density at radius 3 is 2.41 bits per heavy atom. The molecule has 0 spiro atoms. The number of imide groups is 1. The van der Waals surface area contributed by atoms with Gasteiger partial charge in [0.1, 0.15) is 5.71 Å². The SMILES string of the molecule is O=C(OCC(=O)N1CCNC1=O)C1=NN(c2ccccc2)C(c2ccccc2)C1. The number of hydrogen-bond acceptors (Lipinski definition) is 6. The van der Waals surface area contributed by atoms with Crippen molar-refractivity contribution in [3.63, 3.8) is 0 Å². The van der Waals surface area contributed by atoms with Crippen LogP contribution in [0.15, 0.2) is 65.8 Å². The minimum Gasteiger partial charge on any atom is -0.451 e. The molecule has 1 N–H and O–H groups in total. The molecule has 8 heteroatoms. The Hall–Kier alpha value is -3.68. The van der Waals surface area contributed by atoms with Gasteiger partial charge in [-0.05, 0) is 17.7 Å². The van der Waals surface area contributed by atoms with Gasteiger partial charge in [-0.2, -0.15) is 5.10 Å². The van der Waals surface area contributed by atoms with Gasteiger partial charge in [0.2, 0.25) is 0 Å². The Labute approximate surface area is 167 Å². The van der Waals surface area contributed by atoms with Gasteiger partial charge in [-0.3, -0.25) is 14.7 Å². The number of hydrazone groups is 1. The Morgan fingerprint density at radius 1 is 1.07 bits per heavy atom. The lowest BCUT2D eigenvalue weighted by atomic mass is 10.0. The van der Waals surface area contributed by atoms with Crippen molar-refractivity contribution in [2.75, 3.05) is 24.7 Å². The molecule has 148 valence electrons. The molecular weight excluding hydrogens is 372 g/mol. The number of para-hydroxylation sites is 1. The average Bonchev–Trinajstić information content (AvgIpc) is 3.40. The van der Waals surface area contributed by atoms with Gasteiger partial charge >= 0.3 is 12.0 Å². The summed E-state index contributed by atoms with van der Waals surface area (Å²) in [6, 6.07) is 18.7. The summed E-state index contributed by atoms with van der Waals surface area (Å²) in [6.45, 7) is 0.177. The molecule has 0 saturated carbocycles. The zero-order valence-electron chi connectivity index (χ0n) is 15.7. The summed E-state index contributed by atoms with van der Waals surface area (Å²) < 4.78 is 5.15. The van der Waals surface area contributed by atoms with E-state index in [2.05, 4.69) is 10.4 Å². The van der Waals surface area contributed by atoms with Gasteiger partial charge in [0.25, 0.3) is 5.91 Å². The van der Waals surface area contributed by atoms with Gasteiger partial charge in [0.15, 0.2) is 6.61 Å². The van der Waals surface area contributed by atoms with E-state index in [1.54, 1.807) is 5.01 Å². The van der Waals surface area contributed by atoms with Crippen molar-refractivity contribution in [3.05, 3.63) is 66.2 Å². The van der Waals surface area contributed by atoms with E-state index >= 15 is 0 Å². The smallest absolute Gasteiger partial charge is 0.355 e. The average molecular weight is 392 g/mol. The first-order chi connectivity index (χ1) is 14.1. The van der Waals surface area contributed by atoms with Crippen LogP contribution in [0.25, 0.3) is 0 Å². The minimum absolute atomic E-state index is 0.152. The quantitative estimate of drug-likeness (QED) is 0.787. The molecule has 1 fully saturated rings. The number of ether oxygens (including phenoxy) is 1. The van der Waals surface area contributed by atoms with Crippen LogP contribution >= 0.6 is 0 Å². The monoisotopic (exact) mass is 392 g/mol. The van der Waals surface area contributed by atoms with E-state index in [0.717, 1.165) is 16.2 Å². The first-order valence-electron chi connectivity index (χ1n) is 9.35. The van der Waals surface area contributed by atoms with E-state index in [1.807, 2.05) is 60.7 Å². The number of amides is 3. The van der Waals surface area contributed by atoms with E-state index in [0.29, 0.717) is 13.0 Å². The van der Waals surface area contributed by atoms with Crippen LogP contribution in [0.5, 0.6) is 0 Å². The highest BCUT2D eigenvalue weighted by Crippen LogP contribution is 2.35. The number of esters is 1. The van der Waals surface area contributed by atoms with E-state index < -0.39 is 24.5 Å². The molecule has 2 heterocycles. The van der Waals surface area contributed by atoms with E-state index in [-0.39, 0.29) is 18.3 Å². The molecule has 0 aliphatic carbocycles. The molecule has 0 bridgehead atoms. The molecule has 2 aromatic rings. The number of urea groups is 1. The number of hydrogen-bond donors (Lipinski definition) is 1. The predicted octanol–water partition coefficient (Wildman–Crippen LogP) is 2.09. The van der Waals surface area contributed by atoms with Crippen molar-refractivity contribution in [1.29, 1.82) is 0 Å². The van der Waals surface area contributed by atoms with Crippen molar-refractivity contribution in [2.24, 2.45) is 5.10 Å². The minimum atomic E-state index is -0.655. The summed E-state index contributed by atoms with van der Waals surface area (Å²) in [5.41, 5.74) is 2.11. The molecule has 2 aromatic carbocycles. The van der Waals surface area contributed by atoms with Crippen LogP contribution in [-0.4, -0.2) is 48.2 Å². The van der Waals surface area contributed by atoms with Gasteiger partial charge in [-0.15, -0.1) is 0 Å². The first-order valence-corrected chi connectivity index (χ1v) is 9.35. The largest absolute Gasteiger partial charge is 0.451 e. The second-order valence-electron chi connectivity index (χ2n) is 6.71. The number of anilines is 1. The van der Waals surface area contributed by atoms with E-state index in [9.17, 15) is 14.4 Å². The van der Waals surface area contributed by atoms with Gasteiger partial charge in [0.05, 0.1) is 11.7 Å². The van der Waals surface area contributed by atoms with Crippen LogP contribution in [0.3, 0.4) is 0 Å². The van der Waals surface area contributed by atoms with Crippen LogP contribution in [0.2, 0.25) is 0 Å². The lowest BCUT2D eigenvalue weighted by Crippen LogP contribution is -2.37. The topological polar surface area (TPSA) is 91.3 Å². The third-order valence-electron chi connectivity index (χ3n) is 4.84. The molecule has 29 heavy (non-hydrogen) atoms. The third kappa shape index (κ3) is 3.96. The molecule has 2 aliphatic heterocycles. The lowest BCUT2D eigenvalue weighted by Gasteiger charge is -2.23.